The van der Waals surface area contributed by atoms with E-state index in [4.69, 9.17) is 0 Å². The Morgan fingerprint density at radius 1 is 1.04 bits per heavy atom. The van der Waals surface area contributed by atoms with E-state index in [0.29, 0.717) is 11.6 Å². The lowest BCUT2D eigenvalue weighted by atomic mass is 10.2. The predicted molar refractivity (Wildman–Crippen MR) is 86.1 cm³/mol. The lowest BCUT2D eigenvalue weighted by molar-refractivity contribution is -0.115. The number of carbonyl (C=O) groups excluding carboxylic acids is 1. The van der Waals surface area contributed by atoms with Gasteiger partial charge in [-0.15, -0.1) is 0 Å². The topological polar surface area (TPSA) is 75.3 Å². The first kappa shape index (κ1) is 18.9. The van der Waals surface area contributed by atoms with Gasteiger partial charge in [-0.2, -0.15) is 0 Å². The molecule has 0 spiro atoms. The summed E-state index contributed by atoms with van der Waals surface area (Å²) < 4.78 is 66.0. The number of rotatable bonds is 5. The van der Waals surface area contributed by atoms with E-state index in [-0.39, 0.29) is 4.90 Å². The predicted octanol–water partition coefficient (Wildman–Crippen LogP) is 2.64. The highest BCUT2D eigenvalue weighted by Crippen LogP contribution is 2.20. The van der Waals surface area contributed by atoms with Gasteiger partial charge in [-0.25, -0.2) is 26.3 Å². The minimum Gasteiger partial charge on any atom is -0.322 e. The Bertz CT molecular complexity index is 930. The van der Waals surface area contributed by atoms with E-state index in [1.54, 1.807) is 26.0 Å². The molecule has 0 aliphatic rings. The van der Waals surface area contributed by atoms with Gasteiger partial charge in [-0.05, 0) is 43.2 Å². The second kappa shape index (κ2) is 7.24. The molecule has 0 bridgehead atoms. The lowest BCUT2D eigenvalue weighted by Crippen LogP contribution is -2.33. The zero-order valence-electron chi connectivity index (χ0n) is 13.4. The van der Waals surface area contributed by atoms with E-state index < -0.39 is 45.6 Å². The van der Waals surface area contributed by atoms with Crippen LogP contribution in [0.5, 0.6) is 0 Å². The molecular weight excluding hydrogens is 357 g/mol. The number of nitrogens with one attached hydrogen (secondary N) is 2. The van der Waals surface area contributed by atoms with Crippen LogP contribution in [0.15, 0.2) is 35.2 Å². The van der Waals surface area contributed by atoms with E-state index in [1.807, 2.05) is 5.32 Å². The zero-order chi connectivity index (χ0) is 18.8. The summed E-state index contributed by atoms with van der Waals surface area (Å²) in [6, 6.07) is 6.30. The van der Waals surface area contributed by atoms with Crippen molar-refractivity contribution in [3.05, 3.63) is 58.9 Å². The lowest BCUT2D eigenvalue weighted by Gasteiger charge is -2.11. The van der Waals surface area contributed by atoms with Crippen LogP contribution in [0.3, 0.4) is 0 Å². The molecule has 0 saturated carbocycles. The molecule has 1 amide bonds. The van der Waals surface area contributed by atoms with Gasteiger partial charge in [0, 0.05) is 0 Å². The van der Waals surface area contributed by atoms with Gasteiger partial charge in [-0.1, -0.05) is 12.1 Å². The van der Waals surface area contributed by atoms with Crippen LogP contribution in [0.2, 0.25) is 0 Å². The Morgan fingerprint density at radius 3 is 2.40 bits per heavy atom. The number of hydrogen-bond donors (Lipinski definition) is 2. The van der Waals surface area contributed by atoms with Gasteiger partial charge in [0.15, 0.2) is 17.5 Å². The Labute approximate surface area is 142 Å². The molecule has 0 atom stereocenters. The van der Waals surface area contributed by atoms with Gasteiger partial charge in [0.25, 0.3) is 0 Å². The van der Waals surface area contributed by atoms with Crippen molar-refractivity contribution in [3.8, 4) is 0 Å². The molecule has 0 aliphatic carbocycles. The molecule has 0 aromatic heterocycles. The Kier molecular flexibility index (Phi) is 5.48. The van der Waals surface area contributed by atoms with E-state index in [0.717, 1.165) is 11.6 Å². The zero-order valence-corrected chi connectivity index (χ0v) is 14.2. The minimum absolute atomic E-state index is 0.0132. The van der Waals surface area contributed by atoms with Crippen molar-refractivity contribution in [1.82, 2.24) is 4.72 Å². The first-order valence-corrected chi connectivity index (χ1v) is 8.60. The third kappa shape index (κ3) is 4.37. The van der Waals surface area contributed by atoms with Crippen molar-refractivity contribution in [2.75, 3.05) is 11.9 Å². The first-order valence-electron chi connectivity index (χ1n) is 7.12. The summed E-state index contributed by atoms with van der Waals surface area (Å²) >= 11 is 0. The monoisotopic (exact) mass is 372 g/mol. The first-order chi connectivity index (χ1) is 11.6. The quantitative estimate of drug-likeness (QED) is 0.793. The summed E-state index contributed by atoms with van der Waals surface area (Å²) in [4.78, 5) is 11.8. The van der Waals surface area contributed by atoms with Crippen LogP contribution in [-0.4, -0.2) is 20.9 Å². The van der Waals surface area contributed by atoms with Gasteiger partial charge in [-0.3, -0.25) is 4.79 Å². The summed E-state index contributed by atoms with van der Waals surface area (Å²) in [6.45, 7) is 2.62. The van der Waals surface area contributed by atoms with E-state index >= 15 is 0 Å². The molecule has 0 radical (unpaired) electrons. The summed E-state index contributed by atoms with van der Waals surface area (Å²) in [5.74, 6) is -5.62. The number of amides is 1. The van der Waals surface area contributed by atoms with Crippen LogP contribution in [0, 0.1) is 31.3 Å². The van der Waals surface area contributed by atoms with Crippen molar-refractivity contribution >= 4 is 21.6 Å². The molecule has 5 nitrogen and oxygen atoms in total. The standard InChI is InChI=1S/C16H15F3N2O3S/c1-9-3-4-10(2)13(7-9)25(23,24)20-8-14(22)21-12-6-5-11(17)15(18)16(12)19/h3-7,20H,8H2,1-2H3,(H,21,22). The average molecular weight is 372 g/mol. The highest BCUT2D eigenvalue weighted by Gasteiger charge is 2.19. The number of carbonyl (C=O) groups is 1. The second-order valence-corrected chi connectivity index (χ2v) is 7.10. The Hall–Kier alpha value is -2.39. The van der Waals surface area contributed by atoms with Crippen LogP contribution >= 0.6 is 0 Å². The molecule has 0 saturated heterocycles. The minimum atomic E-state index is -3.96. The fraction of sp³-hybridized carbons (Fsp3) is 0.188. The highest BCUT2D eigenvalue weighted by atomic mass is 32.2. The SMILES string of the molecule is Cc1ccc(C)c(S(=O)(=O)NCC(=O)Nc2ccc(F)c(F)c2F)c1. The summed E-state index contributed by atoms with van der Waals surface area (Å²) in [5, 5.41) is 1.98. The van der Waals surface area contributed by atoms with Gasteiger partial charge in [0.2, 0.25) is 15.9 Å². The van der Waals surface area contributed by atoms with E-state index in [2.05, 4.69) is 4.72 Å². The largest absolute Gasteiger partial charge is 0.322 e. The molecule has 2 aromatic carbocycles. The maximum atomic E-state index is 13.5. The maximum Gasteiger partial charge on any atom is 0.241 e. The van der Waals surface area contributed by atoms with E-state index in [9.17, 15) is 26.4 Å². The molecule has 25 heavy (non-hydrogen) atoms. The molecule has 2 N–H and O–H groups in total. The number of benzene rings is 2. The number of sulfonamides is 1. The molecule has 0 aliphatic heterocycles. The third-order valence-electron chi connectivity index (χ3n) is 3.37. The van der Waals surface area contributed by atoms with Crippen molar-refractivity contribution in [3.63, 3.8) is 0 Å². The smallest absolute Gasteiger partial charge is 0.241 e. The van der Waals surface area contributed by atoms with Crippen LogP contribution < -0.4 is 10.0 Å². The Morgan fingerprint density at radius 2 is 1.72 bits per heavy atom. The van der Waals surface area contributed by atoms with Gasteiger partial charge in [0.05, 0.1) is 17.1 Å². The molecule has 2 aromatic rings. The van der Waals surface area contributed by atoms with Crippen molar-refractivity contribution < 1.29 is 26.4 Å². The van der Waals surface area contributed by atoms with Gasteiger partial charge in [0.1, 0.15) is 0 Å². The highest BCUT2D eigenvalue weighted by molar-refractivity contribution is 7.89. The van der Waals surface area contributed by atoms with Crippen molar-refractivity contribution in [2.24, 2.45) is 0 Å². The summed E-state index contributed by atoms with van der Waals surface area (Å²) in [5.41, 5.74) is 0.624. The number of aryl methyl sites for hydroxylation is 2. The van der Waals surface area contributed by atoms with E-state index in [1.165, 1.54) is 6.07 Å². The molecule has 9 heteroatoms. The molecule has 0 heterocycles. The fourth-order valence-corrected chi connectivity index (χ4v) is 3.36. The normalized spacial score (nSPS) is 11.4. The third-order valence-corrected chi connectivity index (χ3v) is 4.91. The van der Waals surface area contributed by atoms with Crippen LogP contribution in [-0.2, 0) is 14.8 Å². The molecule has 0 fully saturated rings. The number of halogens is 3. The molecular formula is C16H15F3N2O3S. The molecule has 134 valence electrons. The number of hydrogen-bond acceptors (Lipinski definition) is 3. The van der Waals surface area contributed by atoms with Crippen LogP contribution in [0.1, 0.15) is 11.1 Å². The summed E-state index contributed by atoms with van der Waals surface area (Å²) in [6.07, 6.45) is 0. The van der Waals surface area contributed by atoms with Crippen molar-refractivity contribution in [1.29, 1.82) is 0 Å². The Balaban J connectivity index is 2.09. The number of anilines is 1. The second-order valence-electron chi connectivity index (χ2n) is 5.36. The summed E-state index contributed by atoms with van der Waals surface area (Å²) in [7, 11) is -3.96. The van der Waals surface area contributed by atoms with Gasteiger partial charge < -0.3 is 5.32 Å². The fourth-order valence-electron chi connectivity index (χ4n) is 2.05. The van der Waals surface area contributed by atoms with Crippen molar-refractivity contribution in [2.45, 2.75) is 18.7 Å². The van der Waals surface area contributed by atoms with Gasteiger partial charge >= 0.3 is 0 Å². The van der Waals surface area contributed by atoms with Crippen LogP contribution in [0.25, 0.3) is 0 Å². The van der Waals surface area contributed by atoms with Crippen LogP contribution in [0.4, 0.5) is 18.9 Å². The molecule has 0 unspecified atom stereocenters. The average Bonchev–Trinajstić information content (AvgIpc) is 2.56. The maximum absolute atomic E-state index is 13.5. The molecule has 2 rings (SSSR count).